The van der Waals surface area contributed by atoms with Crippen molar-refractivity contribution in [3.8, 4) is 0 Å². The van der Waals surface area contributed by atoms with Gasteiger partial charge >= 0.3 is 198 Å². The van der Waals surface area contributed by atoms with E-state index in [1.807, 2.05) is 0 Å². The van der Waals surface area contributed by atoms with Gasteiger partial charge in [-0.1, -0.05) is 0 Å². The molecule has 31 heavy (non-hydrogen) atoms. The average molecular weight is 485 g/mol. The number of unbranched alkanes of at least 4 members (excludes halogenated alkanes) is 14. The van der Waals surface area contributed by atoms with Gasteiger partial charge in [0, 0.05) is 0 Å². The van der Waals surface area contributed by atoms with Gasteiger partial charge in [0.05, 0.1) is 0 Å². The third kappa shape index (κ3) is 20.8. The molecule has 0 aromatic carbocycles. The molecule has 0 spiro atoms. The Hall–Kier alpha value is 0.474. The molecular weight excluding hydrogens is 432 g/mol. The number of hydrogen-bond acceptors (Lipinski definition) is 6. The average Bonchev–Trinajstić information content (AvgIpc) is 2.72. The van der Waals surface area contributed by atoms with E-state index < -0.39 is 24.1 Å². The third-order valence-corrected chi connectivity index (χ3v) is 8.15. The fraction of sp³-hybridized carbons (Fsp3) is 1.00. The van der Waals surface area contributed by atoms with E-state index in [9.17, 15) is 13.9 Å². The second-order valence-electron chi connectivity index (χ2n) is 8.77. The summed E-state index contributed by atoms with van der Waals surface area (Å²) in [5, 5.41) is 20.5. The first-order chi connectivity index (χ1) is 14.9. The van der Waals surface area contributed by atoms with E-state index in [2.05, 4.69) is 20.8 Å². The van der Waals surface area contributed by atoms with Crippen molar-refractivity contribution in [2.24, 2.45) is 0 Å². The maximum absolute atomic E-state index is 10.9. The maximum atomic E-state index is 10.9. The van der Waals surface area contributed by atoms with Gasteiger partial charge in [0.15, 0.2) is 0 Å². The van der Waals surface area contributed by atoms with Gasteiger partial charge in [0.1, 0.15) is 0 Å². The zero-order chi connectivity index (χ0) is 23.3. The Morgan fingerprint density at radius 2 is 0.903 bits per heavy atom. The van der Waals surface area contributed by atoms with Crippen LogP contribution < -0.4 is 0 Å². The standard InChI is InChI=1S/C8H17O3.2C8H17O.H2O.Ti/c1-2-3-4-5-6-7-8(9,10)11;2*1-2-3-4-5-6-7-8-9;;/h9-10H,2-7H2,1H3;2*2-8H2,1H3;1H2;/q3*-1;;+4/p-1. The number of aliphatic hydroxyl groups is 2. The fourth-order valence-electron chi connectivity index (χ4n) is 3.48. The first-order valence-electron chi connectivity index (χ1n) is 13.0. The second kappa shape index (κ2) is 21.0. The molecule has 0 aromatic rings. The Morgan fingerprint density at radius 1 is 0.548 bits per heavy atom. The molecule has 6 nitrogen and oxygen atoms in total. The van der Waals surface area contributed by atoms with Crippen molar-refractivity contribution in [2.75, 3.05) is 13.2 Å². The zero-order valence-electron chi connectivity index (χ0n) is 20.7. The van der Waals surface area contributed by atoms with Crippen molar-refractivity contribution in [1.82, 2.24) is 0 Å². The Kier molecular flexibility index (Phi) is 21.4. The summed E-state index contributed by atoms with van der Waals surface area (Å²) in [6.45, 7) is 7.17. The molecule has 0 aliphatic rings. The molecule has 3 N–H and O–H groups in total. The van der Waals surface area contributed by atoms with E-state index in [-0.39, 0.29) is 6.42 Å². The zero-order valence-corrected chi connectivity index (χ0v) is 22.3. The molecule has 0 atom stereocenters. The van der Waals surface area contributed by atoms with Crippen LogP contribution in [0.1, 0.15) is 136 Å². The van der Waals surface area contributed by atoms with E-state index in [0.29, 0.717) is 19.6 Å². The van der Waals surface area contributed by atoms with E-state index in [0.717, 1.165) is 64.2 Å². The van der Waals surface area contributed by atoms with Gasteiger partial charge in [-0.25, -0.2) is 0 Å². The molecule has 0 aliphatic carbocycles. The van der Waals surface area contributed by atoms with Crippen LogP contribution in [-0.4, -0.2) is 33.1 Å². The van der Waals surface area contributed by atoms with Crippen LogP contribution in [0.5, 0.6) is 0 Å². The van der Waals surface area contributed by atoms with E-state index in [4.69, 9.17) is 9.96 Å². The van der Waals surface area contributed by atoms with E-state index >= 15 is 0 Å². The van der Waals surface area contributed by atoms with Crippen molar-refractivity contribution < 1.29 is 42.0 Å². The molecule has 0 rings (SSSR count). The van der Waals surface area contributed by atoms with E-state index in [1.54, 1.807) is 0 Å². The Balaban J connectivity index is 4.44. The van der Waals surface area contributed by atoms with Crippen LogP contribution in [0.25, 0.3) is 0 Å². The molecule has 0 unspecified atom stereocenters. The third-order valence-electron chi connectivity index (χ3n) is 5.46. The first kappa shape index (κ1) is 31.5. The number of hydrogen-bond donors (Lipinski definition) is 3. The van der Waals surface area contributed by atoms with Crippen LogP contribution in [0.3, 0.4) is 0 Å². The summed E-state index contributed by atoms with van der Waals surface area (Å²) in [6.07, 6.45) is 18.2. The summed E-state index contributed by atoms with van der Waals surface area (Å²) in [4.78, 5) is 0. The topological polar surface area (TPSA) is 88.4 Å². The van der Waals surface area contributed by atoms with Crippen molar-refractivity contribution in [3.05, 3.63) is 0 Å². The molecule has 0 fully saturated rings. The van der Waals surface area contributed by atoms with Crippen molar-refractivity contribution in [1.29, 1.82) is 0 Å². The summed E-state index contributed by atoms with van der Waals surface area (Å²) in [6, 6.07) is 0. The summed E-state index contributed by atoms with van der Waals surface area (Å²) in [5.74, 6) is -2.40. The van der Waals surface area contributed by atoms with Gasteiger partial charge in [0.25, 0.3) is 0 Å². The van der Waals surface area contributed by atoms with Crippen LogP contribution in [0.15, 0.2) is 0 Å². The molecule has 0 aromatic heterocycles. The minimum atomic E-state index is -4.70. The van der Waals surface area contributed by atoms with Gasteiger partial charge in [-0.2, -0.15) is 0 Å². The van der Waals surface area contributed by atoms with Crippen molar-refractivity contribution >= 4 is 0 Å². The first-order valence-corrected chi connectivity index (χ1v) is 15.7. The molecule has 0 radical (unpaired) electrons. The van der Waals surface area contributed by atoms with Crippen LogP contribution in [0, 0.1) is 0 Å². The SMILES string of the molecule is CCCCCCCC[O][Ti]([OH])([O]CCCCCCCC)[O]C(O)(O)CCCCCCC. The summed E-state index contributed by atoms with van der Waals surface area (Å²) >= 11 is -4.70. The second-order valence-corrected chi connectivity index (χ2v) is 11.6. The molecule has 0 amide bonds. The van der Waals surface area contributed by atoms with Crippen LogP contribution in [-0.2, 0) is 28.1 Å². The Morgan fingerprint density at radius 3 is 1.32 bits per heavy atom. The normalized spacial score (nSPS) is 12.6. The predicted octanol–water partition coefficient (Wildman–Crippen LogP) is 6.56. The van der Waals surface area contributed by atoms with Crippen molar-refractivity contribution in [3.63, 3.8) is 0 Å². The van der Waals surface area contributed by atoms with E-state index in [1.165, 1.54) is 38.5 Å². The molecule has 7 heteroatoms. The van der Waals surface area contributed by atoms with Crippen LogP contribution in [0.4, 0.5) is 0 Å². The summed E-state index contributed by atoms with van der Waals surface area (Å²) in [5.41, 5.74) is 0. The van der Waals surface area contributed by atoms with Crippen LogP contribution >= 0.6 is 0 Å². The minimum absolute atomic E-state index is 0.0467. The van der Waals surface area contributed by atoms with Crippen LogP contribution in [0.2, 0.25) is 0 Å². The molecule has 0 bridgehead atoms. The van der Waals surface area contributed by atoms with Crippen molar-refractivity contribution in [2.45, 2.75) is 142 Å². The number of rotatable bonds is 24. The van der Waals surface area contributed by atoms with Gasteiger partial charge in [-0.15, -0.1) is 0 Å². The summed E-state index contributed by atoms with van der Waals surface area (Å²) < 4.78 is 27.5. The van der Waals surface area contributed by atoms with Gasteiger partial charge in [-0.3, -0.25) is 0 Å². The van der Waals surface area contributed by atoms with Gasteiger partial charge < -0.3 is 0 Å². The fourth-order valence-corrected chi connectivity index (χ4v) is 5.86. The molecular formula is C24H52O6Ti. The quantitative estimate of drug-likeness (QED) is 0.0817. The predicted molar refractivity (Wildman–Crippen MR) is 123 cm³/mol. The molecule has 0 aliphatic heterocycles. The molecule has 0 heterocycles. The Labute approximate surface area is 197 Å². The molecule has 0 saturated heterocycles. The molecule has 0 saturated carbocycles. The molecule has 188 valence electrons. The summed E-state index contributed by atoms with van der Waals surface area (Å²) in [7, 11) is 0. The monoisotopic (exact) mass is 484 g/mol. The van der Waals surface area contributed by atoms with Gasteiger partial charge in [-0.05, 0) is 0 Å². The Bertz CT molecular complexity index is 363. The van der Waals surface area contributed by atoms with Gasteiger partial charge in [0.2, 0.25) is 0 Å².